The van der Waals surface area contributed by atoms with Crippen LogP contribution in [0.15, 0.2) is 46.9 Å². The van der Waals surface area contributed by atoms with E-state index in [1.54, 1.807) is 12.1 Å². The van der Waals surface area contributed by atoms with E-state index in [0.717, 1.165) is 16.8 Å². The highest BCUT2D eigenvalue weighted by atomic mass is 79.9. The van der Waals surface area contributed by atoms with E-state index >= 15 is 0 Å². The van der Waals surface area contributed by atoms with Crippen LogP contribution < -0.4 is 5.32 Å². The Labute approximate surface area is 137 Å². The van der Waals surface area contributed by atoms with Crippen molar-refractivity contribution in [2.75, 3.05) is 11.9 Å². The zero-order chi connectivity index (χ0) is 15.9. The monoisotopic (exact) mass is 365 g/mol. The second-order valence-corrected chi connectivity index (χ2v) is 5.62. The van der Waals surface area contributed by atoms with E-state index in [9.17, 15) is 9.18 Å². The maximum atomic E-state index is 13.2. The van der Waals surface area contributed by atoms with Gasteiger partial charge in [0.1, 0.15) is 5.82 Å². The van der Waals surface area contributed by atoms with Crippen LogP contribution in [0.1, 0.15) is 18.1 Å². The lowest BCUT2D eigenvalue weighted by Gasteiger charge is -2.11. The third kappa shape index (κ3) is 4.64. The summed E-state index contributed by atoms with van der Waals surface area (Å²) in [6, 6.07) is 12.1. The first-order valence-corrected chi connectivity index (χ1v) is 7.79. The summed E-state index contributed by atoms with van der Waals surface area (Å²) in [6.45, 7) is 2.99. The van der Waals surface area contributed by atoms with Crippen molar-refractivity contribution in [3.8, 4) is 0 Å². The topological polar surface area (TPSA) is 38.3 Å². The van der Waals surface area contributed by atoms with Crippen LogP contribution in [0.4, 0.5) is 10.1 Å². The van der Waals surface area contributed by atoms with E-state index in [1.807, 2.05) is 31.2 Å². The fourth-order valence-electron chi connectivity index (χ4n) is 2.01. The van der Waals surface area contributed by atoms with Gasteiger partial charge in [0.25, 0.3) is 0 Å². The van der Waals surface area contributed by atoms with E-state index in [2.05, 4.69) is 21.2 Å². The summed E-state index contributed by atoms with van der Waals surface area (Å²) in [5.41, 5.74) is 2.41. The molecule has 2 aromatic carbocycles. The lowest BCUT2D eigenvalue weighted by molar-refractivity contribution is -0.115. The van der Waals surface area contributed by atoms with Gasteiger partial charge in [0.2, 0.25) is 5.91 Å². The number of ether oxygens (including phenoxy) is 1. The van der Waals surface area contributed by atoms with Crippen molar-refractivity contribution in [3.63, 3.8) is 0 Å². The Balaban J connectivity index is 2.04. The Morgan fingerprint density at radius 1 is 1.27 bits per heavy atom. The number of hydrogen-bond donors (Lipinski definition) is 1. The van der Waals surface area contributed by atoms with Crippen LogP contribution >= 0.6 is 15.9 Å². The fourth-order valence-corrected chi connectivity index (χ4v) is 2.44. The van der Waals surface area contributed by atoms with Gasteiger partial charge in [-0.05, 0) is 46.6 Å². The van der Waals surface area contributed by atoms with Gasteiger partial charge in [0.05, 0.1) is 17.5 Å². The number of benzene rings is 2. The second-order valence-electron chi connectivity index (χ2n) is 4.77. The van der Waals surface area contributed by atoms with Crippen LogP contribution in [0.25, 0.3) is 0 Å². The second kappa shape index (κ2) is 8.06. The fraction of sp³-hybridized carbons (Fsp3) is 0.235. The summed E-state index contributed by atoms with van der Waals surface area (Å²) in [6.07, 6.45) is 0.182. The van der Waals surface area contributed by atoms with Crippen LogP contribution in [-0.4, -0.2) is 12.5 Å². The molecular formula is C17H17BrFNO2. The summed E-state index contributed by atoms with van der Waals surface area (Å²) in [4.78, 5) is 12.1. The van der Waals surface area contributed by atoms with E-state index in [-0.39, 0.29) is 18.1 Å². The zero-order valence-electron chi connectivity index (χ0n) is 12.2. The predicted octanol–water partition coefficient (Wildman–Crippen LogP) is 4.31. The number of amides is 1. The van der Waals surface area contributed by atoms with Gasteiger partial charge in [0, 0.05) is 17.9 Å². The Morgan fingerprint density at radius 2 is 2.05 bits per heavy atom. The molecule has 0 saturated heterocycles. The van der Waals surface area contributed by atoms with Crippen molar-refractivity contribution in [1.29, 1.82) is 0 Å². The van der Waals surface area contributed by atoms with Gasteiger partial charge in [-0.3, -0.25) is 4.79 Å². The molecule has 0 aliphatic heterocycles. The lowest BCUT2D eigenvalue weighted by Crippen LogP contribution is -2.16. The molecule has 22 heavy (non-hydrogen) atoms. The number of carbonyl (C=O) groups excluding carboxylic acids is 1. The molecule has 1 N–H and O–H groups in total. The summed E-state index contributed by atoms with van der Waals surface area (Å²) in [5, 5.41) is 2.87. The van der Waals surface area contributed by atoms with Crippen LogP contribution in [0.5, 0.6) is 0 Å². The molecule has 0 aromatic heterocycles. The predicted molar refractivity (Wildman–Crippen MR) is 88.2 cm³/mol. The van der Waals surface area contributed by atoms with Crippen LogP contribution in [0.3, 0.4) is 0 Å². The number of anilines is 1. The molecule has 5 heteroatoms. The smallest absolute Gasteiger partial charge is 0.228 e. The van der Waals surface area contributed by atoms with E-state index < -0.39 is 0 Å². The van der Waals surface area contributed by atoms with Crippen molar-refractivity contribution < 1.29 is 13.9 Å². The van der Waals surface area contributed by atoms with Gasteiger partial charge >= 0.3 is 0 Å². The molecule has 0 saturated carbocycles. The van der Waals surface area contributed by atoms with Gasteiger partial charge in [-0.25, -0.2) is 4.39 Å². The number of halogens is 2. The molecule has 0 bridgehead atoms. The molecular weight excluding hydrogens is 349 g/mol. The van der Waals surface area contributed by atoms with Gasteiger partial charge in [-0.2, -0.15) is 0 Å². The van der Waals surface area contributed by atoms with Crippen molar-refractivity contribution >= 4 is 27.5 Å². The molecule has 0 aliphatic rings. The van der Waals surface area contributed by atoms with Crippen molar-refractivity contribution in [2.45, 2.75) is 20.0 Å². The minimum atomic E-state index is -0.341. The average molecular weight is 366 g/mol. The zero-order valence-corrected chi connectivity index (χ0v) is 13.8. The van der Waals surface area contributed by atoms with Crippen molar-refractivity contribution in [3.05, 3.63) is 63.9 Å². The molecule has 0 unspecified atom stereocenters. The van der Waals surface area contributed by atoms with Gasteiger partial charge in [-0.1, -0.05) is 24.3 Å². The maximum absolute atomic E-state index is 13.2. The lowest BCUT2D eigenvalue weighted by atomic mass is 10.1. The molecule has 0 atom stereocenters. The molecule has 3 nitrogen and oxygen atoms in total. The maximum Gasteiger partial charge on any atom is 0.228 e. The molecule has 0 radical (unpaired) electrons. The van der Waals surface area contributed by atoms with Crippen LogP contribution in [0, 0.1) is 5.82 Å². The number of nitrogens with one attached hydrogen (secondary N) is 1. The minimum Gasteiger partial charge on any atom is -0.377 e. The molecule has 0 fully saturated rings. The first-order valence-electron chi connectivity index (χ1n) is 6.99. The molecule has 0 heterocycles. The normalized spacial score (nSPS) is 10.5. The van der Waals surface area contributed by atoms with E-state index in [1.165, 1.54) is 6.07 Å². The highest BCUT2D eigenvalue weighted by Gasteiger charge is 2.09. The Hall–Kier alpha value is -1.72. The molecule has 116 valence electrons. The molecule has 1 amide bonds. The SMILES string of the molecule is CCOCc1ccccc1NC(=O)Cc1ccc(F)c(Br)c1. The number of carbonyl (C=O) groups is 1. The van der Waals surface area contributed by atoms with E-state index in [0.29, 0.717) is 17.7 Å². The standard InChI is InChI=1S/C17H17BrFNO2/c1-2-22-11-13-5-3-4-6-16(13)20-17(21)10-12-7-8-15(19)14(18)9-12/h3-9H,2,10-11H2,1H3,(H,20,21). The molecule has 2 rings (SSSR count). The highest BCUT2D eigenvalue weighted by Crippen LogP contribution is 2.19. The third-order valence-corrected chi connectivity index (χ3v) is 3.71. The van der Waals surface area contributed by atoms with Crippen LogP contribution in [0.2, 0.25) is 0 Å². The summed E-state index contributed by atoms with van der Waals surface area (Å²) < 4.78 is 18.9. The Morgan fingerprint density at radius 3 is 2.77 bits per heavy atom. The van der Waals surface area contributed by atoms with Gasteiger partial charge in [-0.15, -0.1) is 0 Å². The number of hydrogen-bond acceptors (Lipinski definition) is 2. The quantitative estimate of drug-likeness (QED) is 0.828. The molecule has 0 spiro atoms. The molecule has 0 aliphatic carbocycles. The highest BCUT2D eigenvalue weighted by molar-refractivity contribution is 9.10. The summed E-state index contributed by atoms with van der Waals surface area (Å²) in [7, 11) is 0. The third-order valence-electron chi connectivity index (χ3n) is 3.10. The average Bonchev–Trinajstić information content (AvgIpc) is 2.50. The summed E-state index contributed by atoms with van der Waals surface area (Å²) >= 11 is 3.12. The Bertz CT molecular complexity index is 661. The largest absolute Gasteiger partial charge is 0.377 e. The first kappa shape index (κ1) is 16.6. The Kier molecular flexibility index (Phi) is 6.10. The first-order chi connectivity index (χ1) is 10.6. The number of rotatable bonds is 6. The number of para-hydroxylation sites is 1. The van der Waals surface area contributed by atoms with Crippen molar-refractivity contribution in [1.82, 2.24) is 0 Å². The van der Waals surface area contributed by atoms with Gasteiger partial charge < -0.3 is 10.1 Å². The molecule has 2 aromatic rings. The summed E-state index contributed by atoms with van der Waals surface area (Å²) in [5.74, 6) is -0.492. The van der Waals surface area contributed by atoms with Crippen LogP contribution in [-0.2, 0) is 22.6 Å². The van der Waals surface area contributed by atoms with E-state index in [4.69, 9.17) is 4.74 Å². The van der Waals surface area contributed by atoms with Gasteiger partial charge in [0.15, 0.2) is 0 Å². The van der Waals surface area contributed by atoms with Crippen molar-refractivity contribution in [2.24, 2.45) is 0 Å². The minimum absolute atomic E-state index is 0.151.